The normalized spacial score (nSPS) is 35.8. The molecule has 1 N–H and O–H groups in total. The molecule has 0 aromatic heterocycles. The first kappa shape index (κ1) is 13.3. The lowest BCUT2D eigenvalue weighted by molar-refractivity contribution is 0.00760. The topological polar surface area (TPSA) is 32.7 Å². The fourth-order valence-corrected chi connectivity index (χ4v) is 3.67. The predicted molar refractivity (Wildman–Crippen MR) is 69.0 cm³/mol. The van der Waals surface area contributed by atoms with Crippen LogP contribution in [0.4, 0.5) is 0 Å². The van der Waals surface area contributed by atoms with Gasteiger partial charge in [0.1, 0.15) is 0 Å². The summed E-state index contributed by atoms with van der Waals surface area (Å²) in [6.45, 7) is 6.26. The first-order valence-corrected chi connectivity index (χ1v) is 7.24. The Morgan fingerprint density at radius 2 is 2.12 bits per heavy atom. The van der Waals surface area contributed by atoms with Gasteiger partial charge in [-0.25, -0.2) is 0 Å². The first-order valence-electron chi connectivity index (χ1n) is 7.24. The van der Waals surface area contributed by atoms with Crippen LogP contribution >= 0.6 is 0 Å². The molecule has 2 fully saturated rings. The number of ether oxygens (including phenoxy) is 1. The maximum absolute atomic E-state index is 9.98. The second-order valence-electron chi connectivity index (χ2n) is 5.71. The minimum absolute atomic E-state index is 0.321. The van der Waals surface area contributed by atoms with Gasteiger partial charge in [0.05, 0.1) is 12.7 Å². The molecule has 1 aliphatic carbocycles. The third kappa shape index (κ3) is 3.21. The molecule has 0 radical (unpaired) electrons. The molecule has 3 nitrogen and oxygen atoms in total. The highest BCUT2D eigenvalue weighted by Crippen LogP contribution is 2.39. The number of rotatable bonds is 5. The van der Waals surface area contributed by atoms with E-state index in [0.29, 0.717) is 19.3 Å². The molecule has 1 saturated heterocycles. The van der Waals surface area contributed by atoms with Crippen LogP contribution in [0, 0.1) is 5.92 Å². The van der Waals surface area contributed by atoms with Crippen LogP contribution in [0.3, 0.4) is 0 Å². The van der Waals surface area contributed by atoms with Crippen molar-refractivity contribution in [2.45, 2.75) is 64.1 Å². The van der Waals surface area contributed by atoms with Crippen LogP contribution in [0.2, 0.25) is 0 Å². The van der Waals surface area contributed by atoms with E-state index in [4.69, 9.17) is 4.74 Å². The number of likely N-dealkylation sites (tertiary alicyclic amines) is 1. The SMILES string of the molecule is CCOC[C@H](O)CN1[C@H](C)C[C@@H]2CCCC[C@@H]21. The second-order valence-corrected chi connectivity index (χ2v) is 5.71. The van der Waals surface area contributed by atoms with Gasteiger partial charge in [0.2, 0.25) is 0 Å². The minimum Gasteiger partial charge on any atom is -0.389 e. The molecule has 2 rings (SSSR count). The van der Waals surface area contributed by atoms with Crippen molar-refractivity contribution in [3.63, 3.8) is 0 Å². The van der Waals surface area contributed by atoms with Gasteiger partial charge in [0, 0.05) is 25.2 Å². The van der Waals surface area contributed by atoms with Crippen molar-refractivity contribution in [3.05, 3.63) is 0 Å². The highest BCUT2D eigenvalue weighted by atomic mass is 16.5. The smallest absolute Gasteiger partial charge is 0.0900 e. The first-order chi connectivity index (χ1) is 8.22. The van der Waals surface area contributed by atoms with E-state index in [1.807, 2.05) is 6.92 Å². The average molecular weight is 241 g/mol. The molecule has 0 aromatic carbocycles. The number of hydrogen-bond acceptors (Lipinski definition) is 3. The van der Waals surface area contributed by atoms with Crippen LogP contribution in [-0.2, 0) is 4.74 Å². The zero-order chi connectivity index (χ0) is 12.3. The van der Waals surface area contributed by atoms with Crippen molar-refractivity contribution in [3.8, 4) is 0 Å². The Morgan fingerprint density at radius 3 is 2.88 bits per heavy atom. The highest BCUT2D eigenvalue weighted by Gasteiger charge is 2.40. The van der Waals surface area contributed by atoms with Crippen LogP contribution in [0.5, 0.6) is 0 Å². The fourth-order valence-electron chi connectivity index (χ4n) is 3.67. The quantitative estimate of drug-likeness (QED) is 0.799. The molecule has 4 atom stereocenters. The van der Waals surface area contributed by atoms with Gasteiger partial charge in [0.15, 0.2) is 0 Å². The Bertz CT molecular complexity index is 234. The summed E-state index contributed by atoms with van der Waals surface area (Å²) >= 11 is 0. The van der Waals surface area contributed by atoms with Gasteiger partial charge in [0.25, 0.3) is 0 Å². The Hall–Kier alpha value is -0.120. The molecule has 2 aliphatic rings. The Morgan fingerprint density at radius 1 is 1.35 bits per heavy atom. The lowest BCUT2D eigenvalue weighted by atomic mass is 9.85. The maximum atomic E-state index is 9.98. The molecule has 0 spiro atoms. The molecule has 0 amide bonds. The van der Waals surface area contributed by atoms with E-state index in [0.717, 1.165) is 18.5 Å². The lowest BCUT2D eigenvalue weighted by Crippen LogP contribution is -2.43. The van der Waals surface area contributed by atoms with Crippen molar-refractivity contribution in [2.75, 3.05) is 19.8 Å². The number of β-amino-alcohol motifs (C(OH)–C–C–N with tert-alkyl or cyclic N) is 1. The third-order valence-corrected chi connectivity index (χ3v) is 4.44. The molecule has 0 aromatic rings. The summed E-state index contributed by atoms with van der Waals surface area (Å²) < 4.78 is 5.30. The lowest BCUT2D eigenvalue weighted by Gasteiger charge is -2.34. The van der Waals surface area contributed by atoms with Crippen molar-refractivity contribution < 1.29 is 9.84 Å². The number of aliphatic hydroxyl groups is 1. The van der Waals surface area contributed by atoms with Crippen LogP contribution in [-0.4, -0.2) is 48.0 Å². The molecule has 1 aliphatic heterocycles. The predicted octanol–water partition coefficient (Wildman–Crippen LogP) is 2.04. The number of fused-ring (bicyclic) bond motifs is 1. The summed E-state index contributed by atoms with van der Waals surface area (Å²) in [7, 11) is 0. The Labute approximate surface area is 105 Å². The van der Waals surface area contributed by atoms with Gasteiger partial charge in [-0.05, 0) is 39.0 Å². The van der Waals surface area contributed by atoms with Crippen molar-refractivity contribution >= 4 is 0 Å². The highest BCUT2D eigenvalue weighted by molar-refractivity contribution is 4.94. The van der Waals surface area contributed by atoms with E-state index in [1.165, 1.54) is 32.1 Å². The Balaban J connectivity index is 1.86. The third-order valence-electron chi connectivity index (χ3n) is 4.44. The van der Waals surface area contributed by atoms with Crippen molar-refractivity contribution in [1.82, 2.24) is 4.90 Å². The zero-order valence-corrected chi connectivity index (χ0v) is 11.3. The van der Waals surface area contributed by atoms with Gasteiger partial charge in [-0.15, -0.1) is 0 Å². The molecule has 0 bridgehead atoms. The van der Waals surface area contributed by atoms with Gasteiger partial charge < -0.3 is 9.84 Å². The molecule has 1 heterocycles. The fraction of sp³-hybridized carbons (Fsp3) is 1.00. The van der Waals surface area contributed by atoms with E-state index in [2.05, 4.69) is 11.8 Å². The zero-order valence-electron chi connectivity index (χ0n) is 11.3. The van der Waals surface area contributed by atoms with Crippen LogP contribution in [0.1, 0.15) is 46.0 Å². The molecule has 3 heteroatoms. The summed E-state index contributed by atoms with van der Waals surface area (Å²) in [6, 6.07) is 1.37. The molecule has 17 heavy (non-hydrogen) atoms. The second kappa shape index (κ2) is 6.17. The molecular weight excluding hydrogens is 214 g/mol. The largest absolute Gasteiger partial charge is 0.389 e. The van der Waals surface area contributed by atoms with Gasteiger partial charge in [-0.2, -0.15) is 0 Å². The average Bonchev–Trinajstić information content (AvgIpc) is 2.64. The minimum atomic E-state index is -0.321. The van der Waals surface area contributed by atoms with Gasteiger partial charge in [-0.3, -0.25) is 4.90 Å². The Kier molecular flexibility index (Phi) is 4.83. The van der Waals surface area contributed by atoms with E-state index in [9.17, 15) is 5.11 Å². The van der Waals surface area contributed by atoms with E-state index in [1.54, 1.807) is 0 Å². The van der Waals surface area contributed by atoms with Crippen LogP contribution in [0.25, 0.3) is 0 Å². The molecule has 1 saturated carbocycles. The molecular formula is C14H27NO2. The maximum Gasteiger partial charge on any atom is 0.0900 e. The monoisotopic (exact) mass is 241 g/mol. The molecule has 0 unspecified atom stereocenters. The summed E-state index contributed by atoms with van der Waals surface area (Å²) in [5.74, 6) is 0.887. The van der Waals surface area contributed by atoms with Gasteiger partial charge >= 0.3 is 0 Å². The number of aliphatic hydroxyl groups excluding tert-OH is 1. The van der Waals surface area contributed by atoms with Crippen LogP contribution in [0.15, 0.2) is 0 Å². The molecule has 100 valence electrons. The van der Waals surface area contributed by atoms with Gasteiger partial charge in [-0.1, -0.05) is 12.8 Å². The van der Waals surface area contributed by atoms with E-state index < -0.39 is 0 Å². The summed E-state index contributed by atoms with van der Waals surface area (Å²) in [5.41, 5.74) is 0. The summed E-state index contributed by atoms with van der Waals surface area (Å²) in [6.07, 6.45) is 6.50. The standard InChI is InChI=1S/C14H27NO2/c1-3-17-10-13(16)9-15-11(2)8-12-6-4-5-7-14(12)15/h11-14,16H,3-10H2,1-2H3/t11-,12+,13-,14+/m1/s1. The van der Waals surface area contributed by atoms with Crippen LogP contribution < -0.4 is 0 Å². The number of hydrogen-bond donors (Lipinski definition) is 1. The number of nitrogens with zero attached hydrogens (tertiary/aromatic N) is 1. The van der Waals surface area contributed by atoms with E-state index in [-0.39, 0.29) is 6.10 Å². The summed E-state index contributed by atoms with van der Waals surface area (Å²) in [5, 5.41) is 9.98. The van der Waals surface area contributed by atoms with Crippen molar-refractivity contribution in [1.29, 1.82) is 0 Å². The van der Waals surface area contributed by atoms with E-state index >= 15 is 0 Å². The summed E-state index contributed by atoms with van der Waals surface area (Å²) in [4.78, 5) is 2.54. The van der Waals surface area contributed by atoms with Crippen molar-refractivity contribution in [2.24, 2.45) is 5.92 Å².